The Kier molecular flexibility index (Phi) is 1.51. The molecule has 0 saturated carbocycles. The Balaban J connectivity index is 2.50. The van der Waals surface area contributed by atoms with Gasteiger partial charge < -0.3 is 5.11 Å². The van der Waals surface area contributed by atoms with E-state index in [1.807, 2.05) is 24.3 Å². The van der Waals surface area contributed by atoms with Crippen LogP contribution < -0.4 is 0 Å². The molecule has 55 valence electrons. The molecule has 11 heavy (non-hydrogen) atoms. The van der Waals surface area contributed by atoms with Gasteiger partial charge >= 0.3 is 0 Å². The van der Waals surface area contributed by atoms with Crippen LogP contribution in [0.4, 0.5) is 0 Å². The van der Waals surface area contributed by atoms with Gasteiger partial charge in [-0.05, 0) is 29.7 Å². The summed E-state index contributed by atoms with van der Waals surface area (Å²) in [6, 6.07) is 7.91. The van der Waals surface area contributed by atoms with E-state index in [1.165, 1.54) is 5.56 Å². The first-order valence-electron chi connectivity index (χ1n) is 3.70. The number of fused-ring (bicyclic) bond motifs is 1. The molecule has 2 rings (SSSR count). The third-order valence-electron chi connectivity index (χ3n) is 1.94. The van der Waals surface area contributed by atoms with Crippen molar-refractivity contribution in [1.82, 2.24) is 0 Å². The molecular weight excluding hydrogens is 136 g/mol. The van der Waals surface area contributed by atoms with Crippen LogP contribution in [0.3, 0.4) is 0 Å². The van der Waals surface area contributed by atoms with Gasteiger partial charge in [-0.25, -0.2) is 0 Å². The number of aliphatic hydroxyl groups excluding tert-OH is 1. The summed E-state index contributed by atoms with van der Waals surface area (Å²) < 4.78 is 0. The Morgan fingerprint density at radius 2 is 2.18 bits per heavy atom. The molecule has 1 atom stereocenters. The molecule has 1 nitrogen and oxygen atoms in total. The van der Waals surface area contributed by atoms with Gasteiger partial charge in [0.15, 0.2) is 0 Å². The molecular formula is C10H9O. The van der Waals surface area contributed by atoms with E-state index in [2.05, 4.69) is 6.08 Å². The van der Waals surface area contributed by atoms with Gasteiger partial charge in [-0.1, -0.05) is 24.3 Å². The van der Waals surface area contributed by atoms with Crippen LogP contribution in [0.2, 0.25) is 0 Å². The predicted molar refractivity (Wildman–Crippen MR) is 42.9 cm³/mol. The third kappa shape index (κ3) is 1.08. The predicted octanol–water partition coefficient (Wildman–Crippen LogP) is 1.64. The number of allylic oxidation sites excluding steroid dienone is 1. The lowest BCUT2D eigenvalue weighted by molar-refractivity contribution is 0.224. The van der Waals surface area contributed by atoms with Crippen molar-refractivity contribution in [1.29, 1.82) is 0 Å². The zero-order chi connectivity index (χ0) is 7.68. The molecule has 1 aromatic rings. The molecule has 1 heteroatoms. The molecule has 0 spiro atoms. The molecule has 1 unspecified atom stereocenters. The molecule has 0 amide bonds. The van der Waals surface area contributed by atoms with E-state index in [1.54, 1.807) is 6.08 Å². The Morgan fingerprint density at radius 3 is 3.00 bits per heavy atom. The fraction of sp³-hybridized carbons (Fsp3) is 0.200. The Labute approximate surface area is 66.0 Å². The highest BCUT2D eigenvalue weighted by Gasteiger charge is 2.11. The van der Waals surface area contributed by atoms with Gasteiger partial charge in [0.25, 0.3) is 0 Å². The summed E-state index contributed by atoms with van der Waals surface area (Å²) >= 11 is 0. The Morgan fingerprint density at radius 1 is 1.36 bits per heavy atom. The first-order valence-corrected chi connectivity index (χ1v) is 3.70. The molecule has 1 N–H and O–H groups in total. The minimum atomic E-state index is -0.444. The quantitative estimate of drug-likeness (QED) is 0.588. The van der Waals surface area contributed by atoms with Crippen LogP contribution >= 0.6 is 0 Å². The zero-order valence-electron chi connectivity index (χ0n) is 6.12. The van der Waals surface area contributed by atoms with Crippen molar-refractivity contribution < 1.29 is 5.11 Å². The Hall–Kier alpha value is -1.08. The normalized spacial score (nSPS) is 21.4. The number of rotatable bonds is 0. The zero-order valence-corrected chi connectivity index (χ0v) is 6.12. The van der Waals surface area contributed by atoms with E-state index >= 15 is 0 Å². The number of aliphatic hydroxyl groups is 1. The summed E-state index contributed by atoms with van der Waals surface area (Å²) in [5.41, 5.74) is 2.20. The fourth-order valence-electron chi connectivity index (χ4n) is 1.35. The van der Waals surface area contributed by atoms with Crippen LogP contribution in [0.1, 0.15) is 17.2 Å². The SMILES string of the molecule is OC1C=[C]Cc2ccccc21. The van der Waals surface area contributed by atoms with E-state index in [9.17, 15) is 5.11 Å². The largest absolute Gasteiger partial charge is 0.384 e. The van der Waals surface area contributed by atoms with E-state index in [0.717, 1.165) is 12.0 Å². The average Bonchev–Trinajstić information content (AvgIpc) is 2.06. The van der Waals surface area contributed by atoms with Crippen molar-refractivity contribution in [3.05, 3.63) is 47.5 Å². The van der Waals surface area contributed by atoms with Gasteiger partial charge in [0.2, 0.25) is 0 Å². The van der Waals surface area contributed by atoms with E-state index in [-0.39, 0.29) is 0 Å². The number of benzene rings is 1. The summed E-state index contributed by atoms with van der Waals surface area (Å²) in [5.74, 6) is 0. The standard InChI is InChI=1S/C10H9O/c11-10-7-3-5-8-4-1-2-6-9(8)10/h1-2,4,6-7,10-11H,5H2. The molecule has 1 aliphatic rings. The maximum Gasteiger partial charge on any atom is 0.0980 e. The molecule has 1 radical (unpaired) electrons. The molecule has 0 saturated heterocycles. The van der Waals surface area contributed by atoms with Crippen molar-refractivity contribution >= 4 is 0 Å². The lowest BCUT2D eigenvalue weighted by atomic mass is 9.95. The maximum atomic E-state index is 9.44. The average molecular weight is 145 g/mol. The summed E-state index contributed by atoms with van der Waals surface area (Å²) in [7, 11) is 0. The number of hydrogen-bond acceptors (Lipinski definition) is 1. The van der Waals surface area contributed by atoms with E-state index in [4.69, 9.17) is 0 Å². The maximum absolute atomic E-state index is 9.44. The highest BCUT2D eigenvalue weighted by atomic mass is 16.3. The highest BCUT2D eigenvalue weighted by molar-refractivity contribution is 5.34. The lowest BCUT2D eigenvalue weighted by Gasteiger charge is -2.14. The van der Waals surface area contributed by atoms with Crippen molar-refractivity contribution in [3.63, 3.8) is 0 Å². The Bertz CT molecular complexity index is 289. The van der Waals surface area contributed by atoms with Crippen molar-refractivity contribution in [2.45, 2.75) is 12.5 Å². The van der Waals surface area contributed by atoms with Crippen LogP contribution in [0.5, 0.6) is 0 Å². The highest BCUT2D eigenvalue weighted by Crippen LogP contribution is 2.23. The molecule has 0 aromatic heterocycles. The lowest BCUT2D eigenvalue weighted by Crippen LogP contribution is -2.03. The van der Waals surface area contributed by atoms with Crippen LogP contribution in [-0.2, 0) is 6.42 Å². The van der Waals surface area contributed by atoms with Crippen LogP contribution in [0.15, 0.2) is 30.3 Å². The summed E-state index contributed by atoms with van der Waals surface area (Å²) in [5, 5.41) is 9.44. The summed E-state index contributed by atoms with van der Waals surface area (Å²) in [4.78, 5) is 0. The monoisotopic (exact) mass is 145 g/mol. The van der Waals surface area contributed by atoms with Gasteiger partial charge in [-0.2, -0.15) is 0 Å². The van der Waals surface area contributed by atoms with E-state index < -0.39 is 6.10 Å². The third-order valence-corrected chi connectivity index (χ3v) is 1.94. The van der Waals surface area contributed by atoms with Crippen molar-refractivity contribution in [2.75, 3.05) is 0 Å². The van der Waals surface area contributed by atoms with Crippen LogP contribution in [0, 0.1) is 6.08 Å². The van der Waals surface area contributed by atoms with Gasteiger partial charge in [-0.15, -0.1) is 0 Å². The van der Waals surface area contributed by atoms with Gasteiger partial charge in [0, 0.05) is 0 Å². The van der Waals surface area contributed by atoms with Crippen molar-refractivity contribution in [3.8, 4) is 0 Å². The minimum Gasteiger partial charge on any atom is -0.384 e. The second-order valence-corrected chi connectivity index (χ2v) is 2.69. The van der Waals surface area contributed by atoms with E-state index in [0.29, 0.717) is 0 Å². The molecule has 0 heterocycles. The number of hydrogen-bond donors (Lipinski definition) is 1. The van der Waals surface area contributed by atoms with Crippen LogP contribution in [-0.4, -0.2) is 5.11 Å². The fourth-order valence-corrected chi connectivity index (χ4v) is 1.35. The summed E-state index contributed by atoms with van der Waals surface area (Å²) in [6.07, 6.45) is 5.11. The van der Waals surface area contributed by atoms with Gasteiger partial charge in [0.05, 0.1) is 6.10 Å². The second kappa shape index (κ2) is 2.51. The first kappa shape index (κ1) is 6.62. The van der Waals surface area contributed by atoms with Gasteiger partial charge in [0.1, 0.15) is 0 Å². The molecule has 1 aliphatic carbocycles. The smallest absolute Gasteiger partial charge is 0.0980 e. The van der Waals surface area contributed by atoms with Crippen LogP contribution in [0.25, 0.3) is 0 Å². The van der Waals surface area contributed by atoms with Crippen molar-refractivity contribution in [2.24, 2.45) is 0 Å². The van der Waals surface area contributed by atoms with Gasteiger partial charge in [-0.3, -0.25) is 0 Å². The second-order valence-electron chi connectivity index (χ2n) is 2.69. The molecule has 1 aromatic carbocycles. The molecule has 0 bridgehead atoms. The minimum absolute atomic E-state index is 0.444. The summed E-state index contributed by atoms with van der Waals surface area (Å²) in [6.45, 7) is 0. The first-order chi connectivity index (χ1) is 5.38. The molecule has 0 fully saturated rings. The molecule has 0 aliphatic heterocycles. The topological polar surface area (TPSA) is 20.2 Å².